The molecule has 2 N–H and O–H groups in total. The number of rotatable bonds is 9. The zero-order chi connectivity index (χ0) is 25.9. The highest BCUT2D eigenvalue weighted by atomic mass is 32.2. The standard InChI is InChI=1S/C23H18F2N3O5PS2/c24-20-12-18(5-4-16(20)14-26)34(29,30)15-27-36(31,32)23-13-19-21(25)10-17(11-22(19)35-23)33-9-8-28-6-2-1-3-7-28/h1-7,10-13,27H,8-9,15H2/p+1. The SMILES string of the molecule is N#Cc1ccc(P(=O)(O)CNS(=O)(=O)c2cc3c(F)cc(OCC[n+]4ccccc4)cc3s2)cc1F. The molecule has 4 aromatic rings. The molecule has 0 aliphatic carbocycles. The Morgan fingerprint density at radius 1 is 1.11 bits per heavy atom. The molecule has 2 aromatic heterocycles. The number of hydrogen-bond donors (Lipinski definition) is 2. The van der Waals surface area contributed by atoms with Crippen LogP contribution in [0.15, 0.2) is 71.2 Å². The van der Waals surface area contributed by atoms with Crippen molar-refractivity contribution in [2.45, 2.75) is 10.8 Å². The molecular weight excluding hydrogens is 531 g/mol. The summed E-state index contributed by atoms with van der Waals surface area (Å²) in [5, 5.41) is 8.50. The summed E-state index contributed by atoms with van der Waals surface area (Å²) in [5.74, 6) is -1.43. The van der Waals surface area contributed by atoms with Crippen LogP contribution in [0.5, 0.6) is 5.75 Å². The summed E-state index contributed by atoms with van der Waals surface area (Å²) < 4.78 is 76.2. The fraction of sp³-hybridized carbons (Fsp3) is 0.130. The van der Waals surface area contributed by atoms with Gasteiger partial charge in [0.2, 0.25) is 7.37 Å². The van der Waals surface area contributed by atoms with Gasteiger partial charge in [0.25, 0.3) is 10.0 Å². The first-order chi connectivity index (χ1) is 17.1. The van der Waals surface area contributed by atoms with Crippen molar-refractivity contribution in [3.8, 4) is 11.8 Å². The van der Waals surface area contributed by atoms with Crippen LogP contribution in [0.3, 0.4) is 0 Å². The fourth-order valence-corrected chi connectivity index (χ4v) is 7.58. The van der Waals surface area contributed by atoms with E-state index in [2.05, 4.69) is 0 Å². The Hall–Kier alpha value is -3.20. The monoisotopic (exact) mass is 550 g/mol. The summed E-state index contributed by atoms with van der Waals surface area (Å²) in [5.41, 5.74) is -0.311. The van der Waals surface area contributed by atoms with E-state index in [1.807, 2.05) is 39.9 Å². The predicted molar refractivity (Wildman–Crippen MR) is 130 cm³/mol. The molecule has 0 aliphatic heterocycles. The number of nitriles is 1. The Balaban J connectivity index is 1.48. The van der Waals surface area contributed by atoms with Crippen LogP contribution >= 0.6 is 18.7 Å². The zero-order valence-electron chi connectivity index (χ0n) is 18.5. The van der Waals surface area contributed by atoms with E-state index in [9.17, 15) is 26.7 Å². The molecule has 2 heterocycles. The van der Waals surface area contributed by atoms with Gasteiger partial charge in [-0.1, -0.05) is 6.07 Å². The number of fused-ring (bicyclic) bond motifs is 1. The van der Waals surface area contributed by atoms with E-state index in [0.29, 0.717) is 11.2 Å². The van der Waals surface area contributed by atoms with Gasteiger partial charge < -0.3 is 9.63 Å². The van der Waals surface area contributed by atoms with Crippen molar-refractivity contribution in [2.24, 2.45) is 0 Å². The van der Waals surface area contributed by atoms with Crippen LogP contribution < -0.4 is 19.3 Å². The van der Waals surface area contributed by atoms with E-state index in [1.165, 1.54) is 6.07 Å². The molecule has 1 atom stereocenters. The molecule has 0 spiro atoms. The number of ether oxygens (including phenoxy) is 1. The molecule has 0 saturated carbocycles. The van der Waals surface area contributed by atoms with Gasteiger partial charge in [-0.25, -0.2) is 26.5 Å². The maximum atomic E-state index is 14.7. The Kier molecular flexibility index (Phi) is 7.49. The molecule has 0 saturated heterocycles. The number of aromatic nitrogens is 1. The largest absolute Gasteiger partial charge is 0.487 e. The van der Waals surface area contributed by atoms with E-state index >= 15 is 0 Å². The molecule has 0 amide bonds. The van der Waals surface area contributed by atoms with Crippen LogP contribution in [0.1, 0.15) is 5.56 Å². The van der Waals surface area contributed by atoms with Gasteiger partial charge in [0.1, 0.15) is 34.3 Å². The van der Waals surface area contributed by atoms with Crippen LogP contribution in [0.2, 0.25) is 0 Å². The van der Waals surface area contributed by atoms with Crippen molar-refractivity contribution in [1.82, 2.24) is 4.72 Å². The Bertz CT molecular complexity index is 1620. The summed E-state index contributed by atoms with van der Waals surface area (Å²) >= 11 is 0.773. The first kappa shape index (κ1) is 25.9. The molecule has 0 fully saturated rings. The molecule has 0 radical (unpaired) electrons. The number of halogens is 2. The first-order valence-electron chi connectivity index (χ1n) is 10.4. The molecule has 13 heteroatoms. The Morgan fingerprint density at radius 2 is 1.86 bits per heavy atom. The topological polar surface area (TPSA) is 120 Å². The predicted octanol–water partition coefficient (Wildman–Crippen LogP) is 3.25. The number of benzene rings is 2. The molecule has 0 bridgehead atoms. The number of nitrogens with zero attached hydrogens (tertiary/aromatic N) is 2. The average molecular weight is 551 g/mol. The number of pyridine rings is 1. The summed E-state index contributed by atoms with van der Waals surface area (Å²) in [6.07, 6.45) is 2.81. The molecule has 2 aromatic carbocycles. The molecule has 4 rings (SSSR count). The zero-order valence-corrected chi connectivity index (χ0v) is 21.0. The summed E-state index contributed by atoms with van der Waals surface area (Å²) in [4.78, 5) is 10.3. The third-order valence-corrected chi connectivity index (χ3v) is 9.99. The molecule has 36 heavy (non-hydrogen) atoms. The second-order valence-corrected chi connectivity index (χ2v) is 12.9. The minimum Gasteiger partial charge on any atom is -0.487 e. The summed E-state index contributed by atoms with van der Waals surface area (Å²) in [6, 6.07) is 13.9. The van der Waals surface area contributed by atoms with Crippen molar-refractivity contribution in [3.05, 3.63) is 84.2 Å². The van der Waals surface area contributed by atoms with E-state index in [1.54, 1.807) is 6.07 Å². The second-order valence-electron chi connectivity index (χ2n) is 7.63. The molecule has 8 nitrogen and oxygen atoms in total. The van der Waals surface area contributed by atoms with Crippen molar-refractivity contribution in [3.63, 3.8) is 0 Å². The quantitative estimate of drug-likeness (QED) is 0.244. The number of thiophene rings is 1. The first-order valence-corrected chi connectivity index (χ1v) is 14.6. The third-order valence-electron chi connectivity index (χ3n) is 5.14. The lowest BCUT2D eigenvalue weighted by Gasteiger charge is -2.13. The highest BCUT2D eigenvalue weighted by molar-refractivity contribution is 7.92. The normalized spacial score (nSPS) is 13.3. The minimum atomic E-state index is -4.34. The lowest BCUT2D eigenvalue weighted by atomic mass is 10.2. The van der Waals surface area contributed by atoms with Crippen LogP contribution in [0, 0.1) is 23.0 Å². The van der Waals surface area contributed by atoms with Crippen LogP contribution in [-0.2, 0) is 21.1 Å². The van der Waals surface area contributed by atoms with Crippen LogP contribution in [-0.4, -0.2) is 26.2 Å². The smallest absolute Gasteiger partial charge is 0.250 e. The molecule has 1 unspecified atom stereocenters. The van der Waals surface area contributed by atoms with Gasteiger partial charge in [-0.3, -0.25) is 4.57 Å². The maximum Gasteiger partial charge on any atom is 0.250 e. The maximum absolute atomic E-state index is 14.7. The highest BCUT2D eigenvalue weighted by Crippen LogP contribution is 2.39. The number of nitrogens with one attached hydrogen (secondary N) is 1. The molecule has 186 valence electrons. The van der Waals surface area contributed by atoms with Crippen molar-refractivity contribution >= 4 is 44.1 Å². The average Bonchev–Trinajstić information content (AvgIpc) is 3.30. The van der Waals surface area contributed by atoms with Crippen molar-refractivity contribution < 1.29 is 36.0 Å². The lowest BCUT2D eigenvalue weighted by Crippen LogP contribution is -2.35. The van der Waals surface area contributed by atoms with Gasteiger partial charge in [0, 0.05) is 33.6 Å². The van der Waals surface area contributed by atoms with Crippen LogP contribution in [0.4, 0.5) is 8.78 Å². The highest BCUT2D eigenvalue weighted by Gasteiger charge is 2.27. The third kappa shape index (κ3) is 5.78. The van der Waals surface area contributed by atoms with E-state index in [4.69, 9.17) is 10.00 Å². The van der Waals surface area contributed by atoms with E-state index < -0.39 is 35.3 Å². The van der Waals surface area contributed by atoms with Gasteiger partial charge in [0.05, 0.1) is 11.8 Å². The van der Waals surface area contributed by atoms with Gasteiger partial charge in [-0.2, -0.15) is 5.26 Å². The van der Waals surface area contributed by atoms with Gasteiger partial charge in [-0.15, -0.1) is 11.3 Å². The minimum absolute atomic E-state index is 0.0616. The second kappa shape index (κ2) is 10.4. The summed E-state index contributed by atoms with van der Waals surface area (Å²) in [7, 11) is -8.63. The van der Waals surface area contributed by atoms with Gasteiger partial charge >= 0.3 is 0 Å². The fourth-order valence-electron chi connectivity index (χ4n) is 3.26. The number of sulfonamides is 1. The van der Waals surface area contributed by atoms with Crippen molar-refractivity contribution in [2.75, 3.05) is 12.9 Å². The van der Waals surface area contributed by atoms with Crippen LogP contribution in [0.25, 0.3) is 10.1 Å². The van der Waals surface area contributed by atoms with Gasteiger partial charge in [-0.05, 0) is 30.3 Å². The molecular formula is C23H19F2N3O5PS2+. The molecule has 0 aliphatic rings. The Morgan fingerprint density at radius 3 is 2.56 bits per heavy atom. The van der Waals surface area contributed by atoms with Crippen molar-refractivity contribution in [1.29, 1.82) is 5.26 Å². The van der Waals surface area contributed by atoms with E-state index in [-0.39, 0.29) is 32.8 Å². The lowest BCUT2D eigenvalue weighted by molar-refractivity contribution is -0.697. The van der Waals surface area contributed by atoms with Gasteiger partial charge in [0.15, 0.2) is 18.9 Å². The number of hydrogen-bond acceptors (Lipinski definition) is 6. The Labute approximate surface area is 209 Å². The van der Waals surface area contributed by atoms with E-state index in [0.717, 1.165) is 41.7 Å². The summed E-state index contributed by atoms with van der Waals surface area (Å²) in [6.45, 7) is 0.790.